The van der Waals surface area contributed by atoms with E-state index in [9.17, 15) is 22.8 Å². The van der Waals surface area contributed by atoms with Gasteiger partial charge in [0.15, 0.2) is 12.3 Å². The first-order valence-corrected chi connectivity index (χ1v) is 10.2. The highest BCUT2D eigenvalue weighted by Crippen LogP contribution is 2.29. The van der Waals surface area contributed by atoms with Crippen molar-refractivity contribution in [2.45, 2.75) is 12.7 Å². The first kappa shape index (κ1) is 23.5. The predicted octanol–water partition coefficient (Wildman–Crippen LogP) is 4.24. The van der Waals surface area contributed by atoms with Gasteiger partial charge in [-0.2, -0.15) is 13.2 Å². The van der Waals surface area contributed by atoms with Gasteiger partial charge in [-0.25, -0.2) is 0 Å². The van der Waals surface area contributed by atoms with E-state index in [1.807, 2.05) is 0 Å². The van der Waals surface area contributed by atoms with Gasteiger partial charge < -0.3 is 10.2 Å². The Hall–Kier alpha value is -3.16. The minimum absolute atomic E-state index is 0.0582. The average molecular weight is 462 g/mol. The molecule has 0 saturated carbocycles. The van der Waals surface area contributed by atoms with Crippen LogP contribution in [0, 0.1) is 0 Å². The number of amides is 1. The summed E-state index contributed by atoms with van der Waals surface area (Å²) in [6.45, 7) is 0.421. The van der Waals surface area contributed by atoms with Crippen LogP contribution in [0.1, 0.15) is 27.0 Å². The number of quaternary nitrogens is 1. The molecule has 3 aromatic rings. The van der Waals surface area contributed by atoms with Crippen LogP contribution in [0.25, 0.3) is 0 Å². The average Bonchev–Trinajstić information content (AvgIpc) is 2.74. The van der Waals surface area contributed by atoms with Crippen LogP contribution in [-0.4, -0.2) is 25.3 Å². The molecule has 1 amide bonds. The van der Waals surface area contributed by atoms with Crippen molar-refractivity contribution in [2.24, 2.45) is 0 Å². The van der Waals surface area contributed by atoms with Gasteiger partial charge in [-0.3, -0.25) is 9.59 Å². The Bertz CT molecular complexity index is 1100. The Morgan fingerprint density at radius 3 is 2.25 bits per heavy atom. The maximum Gasteiger partial charge on any atom is 0.416 e. The fourth-order valence-corrected chi connectivity index (χ4v) is 3.42. The molecule has 3 rings (SSSR count). The van der Waals surface area contributed by atoms with Gasteiger partial charge in [0.1, 0.15) is 6.54 Å². The monoisotopic (exact) mass is 461 g/mol. The molecule has 0 spiro atoms. The second-order valence-electron chi connectivity index (χ2n) is 7.44. The molecular formula is C24H21ClF3N2O2+. The lowest BCUT2D eigenvalue weighted by atomic mass is 10.0. The van der Waals surface area contributed by atoms with Crippen LogP contribution in [0.3, 0.4) is 0 Å². The van der Waals surface area contributed by atoms with Crippen molar-refractivity contribution >= 4 is 29.0 Å². The number of likely N-dealkylation sites (N-methyl/N-ethyl adjacent to an activating group) is 1. The van der Waals surface area contributed by atoms with E-state index in [0.717, 1.165) is 17.0 Å². The standard InChI is InChI=1S/C24H20ClF3N2O2/c1-30(14-16-7-9-18(10-8-16)24(26,27)28)15-22(31)29-21-12-11-19(25)13-20(21)23(32)17-5-3-2-4-6-17/h2-13H,14-15H2,1H3,(H,29,31)/p+1. The van der Waals surface area contributed by atoms with E-state index in [1.54, 1.807) is 49.5 Å². The molecule has 8 heteroatoms. The molecule has 4 nitrogen and oxygen atoms in total. The lowest BCUT2D eigenvalue weighted by Gasteiger charge is -2.16. The molecule has 0 fully saturated rings. The van der Waals surface area contributed by atoms with Crippen molar-refractivity contribution in [1.29, 1.82) is 0 Å². The summed E-state index contributed by atoms with van der Waals surface area (Å²) < 4.78 is 38.1. The van der Waals surface area contributed by atoms with E-state index in [-0.39, 0.29) is 23.8 Å². The molecule has 0 aromatic heterocycles. The Labute approximate surface area is 188 Å². The Kier molecular flexibility index (Phi) is 7.33. The molecule has 1 unspecified atom stereocenters. The van der Waals surface area contributed by atoms with Crippen LogP contribution >= 0.6 is 11.6 Å². The first-order valence-electron chi connectivity index (χ1n) is 9.80. The molecule has 3 aromatic carbocycles. The summed E-state index contributed by atoms with van der Waals surface area (Å²) >= 11 is 6.06. The van der Waals surface area contributed by atoms with Gasteiger partial charge in [-0.05, 0) is 30.3 Å². The minimum atomic E-state index is -4.38. The van der Waals surface area contributed by atoms with Crippen molar-refractivity contribution in [3.63, 3.8) is 0 Å². The van der Waals surface area contributed by atoms with Crippen molar-refractivity contribution in [3.05, 3.63) is 100 Å². The van der Waals surface area contributed by atoms with E-state index < -0.39 is 11.7 Å². The van der Waals surface area contributed by atoms with E-state index in [0.29, 0.717) is 28.4 Å². The van der Waals surface area contributed by atoms with Crippen LogP contribution in [0.15, 0.2) is 72.8 Å². The third-order valence-electron chi connectivity index (χ3n) is 4.79. The zero-order valence-corrected chi connectivity index (χ0v) is 17.9. The van der Waals surface area contributed by atoms with Crippen LogP contribution in [0.4, 0.5) is 18.9 Å². The Balaban J connectivity index is 1.66. The Morgan fingerprint density at radius 1 is 0.969 bits per heavy atom. The summed E-state index contributed by atoms with van der Waals surface area (Å²) in [5, 5.41) is 3.11. The van der Waals surface area contributed by atoms with Gasteiger partial charge in [-0.1, -0.05) is 54.1 Å². The molecule has 0 heterocycles. The number of hydrogen-bond acceptors (Lipinski definition) is 2. The molecule has 32 heavy (non-hydrogen) atoms. The van der Waals surface area contributed by atoms with E-state index in [1.165, 1.54) is 18.2 Å². The fourth-order valence-electron chi connectivity index (χ4n) is 3.25. The molecule has 0 radical (unpaired) electrons. The number of alkyl halides is 3. The molecule has 0 aliphatic heterocycles. The number of benzene rings is 3. The van der Waals surface area contributed by atoms with Crippen molar-refractivity contribution in [1.82, 2.24) is 0 Å². The van der Waals surface area contributed by atoms with E-state index >= 15 is 0 Å². The quantitative estimate of drug-likeness (QED) is 0.517. The predicted molar refractivity (Wildman–Crippen MR) is 117 cm³/mol. The van der Waals surface area contributed by atoms with Gasteiger partial charge in [0, 0.05) is 21.7 Å². The number of carbonyl (C=O) groups is 2. The first-order chi connectivity index (χ1) is 15.1. The van der Waals surface area contributed by atoms with Gasteiger partial charge >= 0.3 is 6.18 Å². The summed E-state index contributed by atoms with van der Waals surface area (Å²) in [4.78, 5) is 26.2. The second kappa shape index (κ2) is 9.97. The summed E-state index contributed by atoms with van der Waals surface area (Å²) in [5.41, 5.74) is 1.05. The SMILES string of the molecule is C[NH+](CC(=O)Nc1ccc(Cl)cc1C(=O)c1ccccc1)Cc1ccc(C(F)(F)F)cc1. The number of rotatable bonds is 7. The van der Waals surface area contributed by atoms with Crippen LogP contribution in [0.5, 0.6) is 0 Å². The third-order valence-corrected chi connectivity index (χ3v) is 5.02. The smallest absolute Gasteiger partial charge is 0.326 e. The maximum atomic E-state index is 12.9. The lowest BCUT2D eigenvalue weighted by molar-refractivity contribution is -0.885. The largest absolute Gasteiger partial charge is 0.416 e. The summed E-state index contributed by atoms with van der Waals surface area (Å²) in [6.07, 6.45) is -4.38. The number of anilines is 1. The highest BCUT2D eigenvalue weighted by Gasteiger charge is 2.30. The van der Waals surface area contributed by atoms with E-state index in [4.69, 9.17) is 11.6 Å². The minimum Gasteiger partial charge on any atom is -0.326 e. The van der Waals surface area contributed by atoms with Crippen molar-refractivity contribution in [2.75, 3.05) is 18.9 Å². The van der Waals surface area contributed by atoms with Gasteiger partial charge in [-0.15, -0.1) is 0 Å². The van der Waals surface area contributed by atoms with Crippen LogP contribution < -0.4 is 10.2 Å². The highest BCUT2D eigenvalue weighted by molar-refractivity contribution is 6.31. The molecular weight excluding hydrogens is 441 g/mol. The third kappa shape index (κ3) is 6.18. The van der Waals surface area contributed by atoms with Gasteiger partial charge in [0.2, 0.25) is 0 Å². The molecule has 0 aliphatic rings. The molecule has 1 atom stereocenters. The topological polar surface area (TPSA) is 50.6 Å². The second-order valence-corrected chi connectivity index (χ2v) is 7.88. The van der Waals surface area contributed by atoms with Crippen LogP contribution in [0.2, 0.25) is 5.02 Å². The molecule has 0 bridgehead atoms. The normalized spacial score (nSPS) is 12.3. The lowest BCUT2D eigenvalue weighted by Crippen LogP contribution is -3.08. The highest BCUT2D eigenvalue weighted by atomic mass is 35.5. The Morgan fingerprint density at radius 2 is 1.62 bits per heavy atom. The summed E-state index contributed by atoms with van der Waals surface area (Å²) in [7, 11) is 1.76. The summed E-state index contributed by atoms with van der Waals surface area (Å²) in [5.74, 6) is -0.604. The van der Waals surface area contributed by atoms with Crippen molar-refractivity contribution < 1.29 is 27.7 Å². The number of hydrogen-bond donors (Lipinski definition) is 2. The summed E-state index contributed by atoms with van der Waals surface area (Å²) in [6, 6.07) is 18.2. The molecule has 2 N–H and O–H groups in total. The molecule has 0 saturated heterocycles. The van der Waals surface area contributed by atoms with Gasteiger partial charge in [0.25, 0.3) is 5.91 Å². The van der Waals surface area contributed by atoms with E-state index in [2.05, 4.69) is 5.32 Å². The number of halogens is 4. The molecule has 0 aliphatic carbocycles. The zero-order valence-electron chi connectivity index (χ0n) is 17.2. The van der Waals surface area contributed by atoms with Crippen LogP contribution in [-0.2, 0) is 17.5 Å². The molecule has 166 valence electrons. The maximum absolute atomic E-state index is 12.9. The number of ketones is 1. The van der Waals surface area contributed by atoms with Crippen molar-refractivity contribution in [3.8, 4) is 0 Å². The number of nitrogens with one attached hydrogen (secondary N) is 2. The number of carbonyl (C=O) groups excluding carboxylic acids is 2. The van der Waals surface area contributed by atoms with Gasteiger partial charge in [0.05, 0.1) is 18.3 Å². The zero-order chi connectivity index (χ0) is 23.3. The fraction of sp³-hybridized carbons (Fsp3) is 0.167.